The first-order valence-electron chi connectivity index (χ1n) is 12.1. The van der Waals surface area contributed by atoms with Gasteiger partial charge in [-0.25, -0.2) is 0 Å². The van der Waals surface area contributed by atoms with Gasteiger partial charge in [-0.2, -0.15) is 0 Å². The lowest BCUT2D eigenvalue weighted by Gasteiger charge is -2.30. The normalized spacial score (nSPS) is 29.9. The van der Waals surface area contributed by atoms with E-state index < -0.39 is 14.5 Å². The summed E-state index contributed by atoms with van der Waals surface area (Å²) >= 11 is 0. The molecule has 0 saturated carbocycles. The lowest BCUT2D eigenvalue weighted by molar-refractivity contribution is 0.772. The van der Waals surface area contributed by atoms with Crippen molar-refractivity contribution in [2.24, 2.45) is 0 Å². The Morgan fingerprint density at radius 3 is 1.34 bits per heavy atom. The zero-order valence-electron chi connectivity index (χ0n) is 18.9. The zero-order valence-corrected chi connectivity index (χ0v) is 20.7. The fourth-order valence-electron chi connectivity index (χ4n) is 6.11. The van der Waals surface area contributed by atoms with Gasteiger partial charge in [-0.1, -0.05) is 72.8 Å². The molecule has 0 bridgehead atoms. The molecule has 0 amide bonds. The molecule has 32 heavy (non-hydrogen) atoms. The van der Waals surface area contributed by atoms with Crippen LogP contribution in [-0.4, -0.2) is 23.6 Å². The second-order valence-electron chi connectivity index (χ2n) is 9.77. The Kier molecular flexibility index (Phi) is 6.56. The van der Waals surface area contributed by atoms with Crippen LogP contribution >= 0.6 is 14.5 Å². The Labute approximate surface area is 196 Å². The van der Waals surface area contributed by atoms with Crippen LogP contribution in [0.3, 0.4) is 0 Å². The number of benzene rings is 3. The summed E-state index contributed by atoms with van der Waals surface area (Å²) in [6.07, 6.45) is 9.54. The molecule has 0 aromatic heterocycles. The Hall–Kier alpha value is -1.48. The highest BCUT2D eigenvalue weighted by Gasteiger charge is 2.56. The maximum atomic E-state index is 7.47. The Morgan fingerprint density at radius 2 is 0.938 bits per heavy atom. The summed E-state index contributed by atoms with van der Waals surface area (Å²) in [5.41, 5.74) is 4.00. The summed E-state index contributed by atoms with van der Waals surface area (Å²) in [7, 11) is -3.48. The molecule has 2 heterocycles. The largest absolute Gasteiger partial charge is 0.156 e. The summed E-state index contributed by atoms with van der Waals surface area (Å²) in [5, 5.41) is 2.93. The molecule has 2 fully saturated rings. The van der Waals surface area contributed by atoms with Crippen molar-refractivity contribution < 1.29 is 0 Å². The average molecular weight is 457 g/mol. The molecule has 2 aliphatic rings. The first-order chi connectivity index (χ1) is 15.6. The summed E-state index contributed by atoms with van der Waals surface area (Å²) < 4.78 is 0. The minimum atomic E-state index is -1.74. The first kappa shape index (κ1) is 22.3. The molecule has 162 valence electrons. The third-order valence-corrected chi connectivity index (χ3v) is 16.2. The van der Waals surface area contributed by atoms with Crippen molar-refractivity contribution in [1.29, 1.82) is 0 Å². The zero-order chi connectivity index (χ0) is 22.0. The van der Waals surface area contributed by atoms with Gasteiger partial charge < -0.3 is 0 Å². The summed E-state index contributed by atoms with van der Waals surface area (Å²) in [6, 6.07) is 31.0. The van der Waals surface area contributed by atoms with E-state index in [0.717, 1.165) is 12.8 Å². The molecule has 2 saturated heterocycles. The lowest BCUT2D eigenvalue weighted by atomic mass is 10.1. The van der Waals surface area contributed by atoms with E-state index in [1.807, 2.05) is 0 Å². The molecule has 4 atom stereocenters. The predicted octanol–water partition coefficient (Wildman–Crippen LogP) is 7.12. The summed E-state index contributed by atoms with van der Waals surface area (Å²) in [5.74, 6) is 0. The minimum Gasteiger partial charge on any atom is -0.0622 e. The average Bonchev–Trinajstić information content (AvgIpc) is 3.39. The van der Waals surface area contributed by atoms with Crippen LogP contribution in [0.25, 0.3) is 0 Å². The monoisotopic (exact) mass is 456 g/mol. The van der Waals surface area contributed by atoms with Crippen LogP contribution in [0.15, 0.2) is 84.9 Å². The van der Waals surface area contributed by atoms with Crippen molar-refractivity contribution in [2.75, 3.05) is 12.3 Å². The Balaban J connectivity index is 1.49. The van der Waals surface area contributed by atoms with Crippen molar-refractivity contribution in [2.45, 2.75) is 49.8 Å². The highest BCUT2D eigenvalue weighted by Crippen LogP contribution is 2.72. The second kappa shape index (κ2) is 9.41. The van der Waals surface area contributed by atoms with Gasteiger partial charge in [0.2, 0.25) is 0 Å². The first-order valence-corrected chi connectivity index (χ1v) is 16.3. The highest BCUT2D eigenvalue weighted by atomic mass is 31.2. The maximum absolute atomic E-state index is 7.47. The molecule has 2 heteroatoms. The van der Waals surface area contributed by atoms with E-state index in [9.17, 15) is 0 Å². The van der Waals surface area contributed by atoms with Gasteiger partial charge in [0, 0.05) is 12.8 Å². The van der Waals surface area contributed by atoms with Crippen molar-refractivity contribution in [3.05, 3.63) is 109 Å². The van der Waals surface area contributed by atoms with Crippen LogP contribution in [0.5, 0.6) is 0 Å². The molecule has 0 aliphatic carbocycles. The summed E-state index contributed by atoms with van der Waals surface area (Å²) in [6.45, 7) is 14.9. The number of hydrogen-bond acceptors (Lipinski definition) is 0. The molecule has 2 unspecified atom stereocenters. The molecule has 2 aliphatic heterocycles. The van der Waals surface area contributed by atoms with Crippen LogP contribution in [0, 0.1) is 13.3 Å². The molecule has 0 N–H and O–H groups in total. The van der Waals surface area contributed by atoms with Gasteiger partial charge in [0.05, 0.1) is 38.2 Å². The summed E-state index contributed by atoms with van der Waals surface area (Å²) in [4.78, 5) is 0. The van der Waals surface area contributed by atoms with Gasteiger partial charge in [0.15, 0.2) is 13.3 Å². The second-order valence-corrected chi connectivity index (χ2v) is 16.8. The maximum Gasteiger partial charge on any atom is 0.156 e. The van der Waals surface area contributed by atoms with Crippen LogP contribution in [0.1, 0.15) is 36.8 Å². The highest BCUT2D eigenvalue weighted by molar-refractivity contribution is 7.90. The lowest BCUT2D eigenvalue weighted by Crippen LogP contribution is -2.35. The van der Waals surface area contributed by atoms with E-state index in [4.69, 9.17) is 13.3 Å². The van der Waals surface area contributed by atoms with Gasteiger partial charge in [0.25, 0.3) is 0 Å². The van der Waals surface area contributed by atoms with Gasteiger partial charge in [-0.15, -0.1) is 0 Å². The molecule has 5 rings (SSSR count). The van der Waals surface area contributed by atoms with Gasteiger partial charge in [0.1, 0.15) is 10.6 Å². The molecular formula is C30H34P2+2. The standard InChI is InChI=1S/C30H34P2/c1-31(21-11-17-27(31)23-25-13-5-3-6-14-25)29-19-9-10-20-30(29)32(2)22-12-18-28(32)24-26-15-7-4-8-16-26/h1-10,13-16,19-20,27-28H,11-12,17-18,21-24H2/q+2/t27-,28-,31?,32?/m1/s1. The van der Waals surface area contributed by atoms with Crippen LogP contribution < -0.4 is 10.6 Å². The van der Waals surface area contributed by atoms with Crippen molar-refractivity contribution in [1.82, 2.24) is 0 Å². The van der Waals surface area contributed by atoms with E-state index in [2.05, 4.69) is 84.9 Å². The third kappa shape index (κ3) is 4.22. The number of rotatable bonds is 6. The van der Waals surface area contributed by atoms with Crippen molar-refractivity contribution in [3.63, 3.8) is 0 Å². The van der Waals surface area contributed by atoms with Crippen LogP contribution in [-0.2, 0) is 12.8 Å². The van der Waals surface area contributed by atoms with E-state index in [1.54, 1.807) is 0 Å². The van der Waals surface area contributed by atoms with Gasteiger partial charge in [-0.05, 0) is 48.9 Å². The molecule has 3 aromatic carbocycles. The SMILES string of the molecule is [CH][P+]1(c2ccccc2[P+]2([CH])CCC[C@@H]2Cc2ccccc2)CCC[C@@H]1Cc1ccccc1. The van der Waals surface area contributed by atoms with Crippen LogP contribution in [0.2, 0.25) is 0 Å². The number of hydrogen-bond donors (Lipinski definition) is 0. The third-order valence-electron chi connectivity index (χ3n) is 7.84. The smallest absolute Gasteiger partial charge is 0.0622 e. The fourth-order valence-corrected chi connectivity index (χ4v) is 14.7. The molecular weight excluding hydrogens is 422 g/mol. The van der Waals surface area contributed by atoms with E-state index >= 15 is 0 Å². The minimum absolute atomic E-state index is 0.577. The molecule has 3 aromatic rings. The van der Waals surface area contributed by atoms with Gasteiger partial charge >= 0.3 is 0 Å². The van der Waals surface area contributed by atoms with E-state index in [0.29, 0.717) is 11.3 Å². The topological polar surface area (TPSA) is 0 Å². The molecule has 4 radical (unpaired) electrons. The molecule has 0 nitrogen and oxygen atoms in total. The fraction of sp³-hybridized carbons (Fsp3) is 0.333. The van der Waals surface area contributed by atoms with Crippen LogP contribution in [0.4, 0.5) is 0 Å². The van der Waals surface area contributed by atoms with Gasteiger partial charge in [-0.3, -0.25) is 0 Å². The Morgan fingerprint density at radius 1 is 0.562 bits per heavy atom. The van der Waals surface area contributed by atoms with Crippen molar-refractivity contribution in [3.8, 4) is 0 Å². The van der Waals surface area contributed by atoms with E-state index in [-0.39, 0.29) is 0 Å². The molecule has 0 spiro atoms. The Bertz CT molecular complexity index is 946. The predicted molar refractivity (Wildman–Crippen MR) is 144 cm³/mol. The van der Waals surface area contributed by atoms with Crippen molar-refractivity contribution >= 4 is 25.1 Å². The quantitative estimate of drug-likeness (QED) is 0.347. The van der Waals surface area contributed by atoms with E-state index in [1.165, 1.54) is 59.7 Å².